The number of rotatable bonds is 2. The van der Waals surface area contributed by atoms with Gasteiger partial charge >= 0.3 is 0 Å². The maximum absolute atomic E-state index is 8.49. The molecule has 0 saturated carbocycles. The number of oxime groups is 1. The summed E-state index contributed by atoms with van der Waals surface area (Å²) in [5.41, 5.74) is 12.5. The molecule has 0 aliphatic heterocycles. The fourth-order valence-corrected chi connectivity index (χ4v) is 1.33. The van der Waals surface area contributed by atoms with Crippen LogP contribution in [0.4, 0.5) is 5.69 Å². The molecule has 16 heavy (non-hydrogen) atoms. The number of hydrogen-bond donors (Lipinski definition) is 3. The third kappa shape index (κ3) is 1.83. The smallest absolute Gasteiger partial charge is 0.205 e. The van der Waals surface area contributed by atoms with Crippen molar-refractivity contribution in [3.05, 3.63) is 42.2 Å². The van der Waals surface area contributed by atoms with Crippen molar-refractivity contribution in [3.63, 3.8) is 0 Å². The largest absolute Gasteiger partial charge is 0.453 e. The summed E-state index contributed by atoms with van der Waals surface area (Å²) in [5, 5.41) is 11.4. The Morgan fingerprint density at radius 2 is 1.81 bits per heavy atom. The zero-order valence-electron chi connectivity index (χ0n) is 8.42. The molecule has 0 bridgehead atoms. The van der Waals surface area contributed by atoms with Gasteiger partial charge in [-0.15, -0.1) is 0 Å². The van der Waals surface area contributed by atoms with Crippen LogP contribution < -0.4 is 11.5 Å². The van der Waals surface area contributed by atoms with Gasteiger partial charge in [0.15, 0.2) is 5.76 Å². The summed E-state index contributed by atoms with van der Waals surface area (Å²) < 4.78 is 5.41. The third-order valence-corrected chi connectivity index (χ3v) is 2.16. The van der Waals surface area contributed by atoms with E-state index in [0.29, 0.717) is 17.2 Å². The molecule has 0 spiro atoms. The first-order valence-corrected chi connectivity index (χ1v) is 4.64. The second-order valence-corrected chi connectivity index (χ2v) is 3.27. The number of anilines is 1. The molecule has 0 fully saturated rings. The summed E-state index contributed by atoms with van der Waals surface area (Å²) in [4.78, 5) is 0. The minimum absolute atomic E-state index is 0.0540. The highest BCUT2D eigenvalue weighted by Gasteiger charge is 2.07. The normalized spacial score (nSPS) is 11.6. The Hall–Kier alpha value is -2.43. The van der Waals surface area contributed by atoms with Gasteiger partial charge in [-0.25, -0.2) is 0 Å². The number of amidine groups is 1. The Labute approximate surface area is 92.0 Å². The predicted octanol–water partition coefficient (Wildman–Crippen LogP) is 1.62. The molecule has 0 atom stereocenters. The summed E-state index contributed by atoms with van der Waals surface area (Å²) in [6, 6.07) is 10.6. The zero-order valence-corrected chi connectivity index (χ0v) is 8.42. The number of benzene rings is 1. The van der Waals surface area contributed by atoms with Gasteiger partial charge < -0.3 is 21.1 Å². The first-order valence-electron chi connectivity index (χ1n) is 4.64. The van der Waals surface area contributed by atoms with Crippen LogP contribution in [-0.2, 0) is 0 Å². The van der Waals surface area contributed by atoms with Crippen molar-refractivity contribution in [1.82, 2.24) is 0 Å². The number of furan rings is 1. The molecule has 0 radical (unpaired) electrons. The Kier molecular flexibility index (Phi) is 2.51. The van der Waals surface area contributed by atoms with Gasteiger partial charge in [-0.3, -0.25) is 0 Å². The molecule has 1 aromatic heterocycles. The molecule has 5 N–H and O–H groups in total. The molecule has 0 saturated heterocycles. The fraction of sp³-hybridized carbons (Fsp3) is 0. The van der Waals surface area contributed by atoms with E-state index in [0.717, 1.165) is 5.56 Å². The molecule has 1 heterocycles. The van der Waals surface area contributed by atoms with E-state index in [1.165, 1.54) is 0 Å². The van der Waals surface area contributed by atoms with Crippen molar-refractivity contribution in [3.8, 4) is 11.3 Å². The van der Waals surface area contributed by atoms with E-state index in [-0.39, 0.29) is 5.84 Å². The van der Waals surface area contributed by atoms with E-state index in [1.807, 2.05) is 12.1 Å². The molecule has 2 rings (SSSR count). The average Bonchev–Trinajstić information content (AvgIpc) is 2.78. The zero-order chi connectivity index (χ0) is 11.5. The van der Waals surface area contributed by atoms with Crippen LogP contribution in [0.1, 0.15) is 5.76 Å². The number of hydrogen-bond acceptors (Lipinski definition) is 4. The van der Waals surface area contributed by atoms with Crippen LogP contribution in [0.3, 0.4) is 0 Å². The number of nitrogen functional groups attached to an aromatic ring is 1. The maximum atomic E-state index is 8.49. The fourth-order valence-electron chi connectivity index (χ4n) is 1.33. The maximum Gasteiger partial charge on any atom is 0.205 e. The summed E-state index contributed by atoms with van der Waals surface area (Å²) in [7, 11) is 0. The topological polar surface area (TPSA) is 97.8 Å². The van der Waals surface area contributed by atoms with Crippen molar-refractivity contribution >= 4 is 11.5 Å². The van der Waals surface area contributed by atoms with Crippen molar-refractivity contribution in [1.29, 1.82) is 0 Å². The quantitative estimate of drug-likeness (QED) is 0.234. The molecule has 0 aliphatic rings. The second-order valence-electron chi connectivity index (χ2n) is 3.27. The van der Waals surface area contributed by atoms with Crippen LogP contribution in [-0.4, -0.2) is 11.0 Å². The third-order valence-electron chi connectivity index (χ3n) is 2.16. The molecule has 0 amide bonds. The van der Waals surface area contributed by atoms with Crippen LogP contribution in [0.5, 0.6) is 0 Å². The van der Waals surface area contributed by atoms with Gasteiger partial charge in [0.2, 0.25) is 5.84 Å². The van der Waals surface area contributed by atoms with Crippen LogP contribution in [0.2, 0.25) is 0 Å². The number of nitrogens with two attached hydrogens (primary N) is 2. The van der Waals surface area contributed by atoms with Crippen molar-refractivity contribution in [2.75, 3.05) is 5.73 Å². The Morgan fingerprint density at radius 1 is 1.12 bits per heavy atom. The predicted molar refractivity (Wildman–Crippen MR) is 61.1 cm³/mol. The Morgan fingerprint density at radius 3 is 2.44 bits per heavy atom. The lowest BCUT2D eigenvalue weighted by molar-refractivity contribution is 0.317. The summed E-state index contributed by atoms with van der Waals surface area (Å²) in [6.07, 6.45) is 0. The van der Waals surface area contributed by atoms with Gasteiger partial charge in [0.05, 0.1) is 0 Å². The Bertz CT molecular complexity index is 514. The lowest BCUT2D eigenvalue weighted by Gasteiger charge is -1.97. The van der Waals surface area contributed by atoms with Crippen molar-refractivity contribution in [2.45, 2.75) is 0 Å². The standard InChI is InChI=1S/C11H11N3O2/c12-8-3-1-7(2-4-8)9-5-6-10(16-9)11(13)14-15/h1-6,15H,12H2,(H2,13,14). The number of nitrogens with zero attached hydrogens (tertiary/aromatic N) is 1. The van der Waals surface area contributed by atoms with Crippen LogP contribution in [0, 0.1) is 0 Å². The molecule has 0 aliphatic carbocycles. The lowest BCUT2D eigenvalue weighted by atomic mass is 10.1. The SMILES string of the molecule is N/C(=N\O)c1ccc(-c2ccc(N)cc2)o1. The molecule has 82 valence electrons. The van der Waals surface area contributed by atoms with E-state index >= 15 is 0 Å². The molecule has 5 nitrogen and oxygen atoms in total. The van der Waals surface area contributed by atoms with Crippen LogP contribution in [0.15, 0.2) is 46.0 Å². The van der Waals surface area contributed by atoms with Gasteiger partial charge in [-0.1, -0.05) is 5.16 Å². The highest BCUT2D eigenvalue weighted by molar-refractivity contribution is 5.94. The molecule has 5 heteroatoms. The van der Waals surface area contributed by atoms with Gasteiger partial charge in [0.25, 0.3) is 0 Å². The first kappa shape index (κ1) is 10.1. The minimum Gasteiger partial charge on any atom is -0.453 e. The minimum atomic E-state index is -0.0540. The summed E-state index contributed by atoms with van der Waals surface area (Å²) >= 11 is 0. The van der Waals surface area contributed by atoms with E-state index in [1.54, 1.807) is 24.3 Å². The Balaban J connectivity index is 2.35. The highest BCUT2D eigenvalue weighted by Crippen LogP contribution is 2.22. The van der Waals surface area contributed by atoms with E-state index in [2.05, 4.69) is 5.16 Å². The average molecular weight is 217 g/mol. The van der Waals surface area contributed by atoms with Crippen LogP contribution in [0.25, 0.3) is 11.3 Å². The molecule has 0 unspecified atom stereocenters. The van der Waals surface area contributed by atoms with Gasteiger partial charge in [0.1, 0.15) is 5.76 Å². The van der Waals surface area contributed by atoms with E-state index < -0.39 is 0 Å². The summed E-state index contributed by atoms with van der Waals surface area (Å²) in [5.74, 6) is 0.914. The molecular weight excluding hydrogens is 206 g/mol. The monoisotopic (exact) mass is 217 g/mol. The first-order chi connectivity index (χ1) is 7.70. The molecule has 2 aromatic rings. The highest BCUT2D eigenvalue weighted by atomic mass is 16.4. The van der Waals surface area contributed by atoms with Crippen molar-refractivity contribution in [2.24, 2.45) is 10.9 Å². The van der Waals surface area contributed by atoms with Gasteiger partial charge in [0, 0.05) is 11.3 Å². The lowest BCUT2D eigenvalue weighted by Crippen LogP contribution is -2.11. The van der Waals surface area contributed by atoms with Gasteiger partial charge in [-0.2, -0.15) is 0 Å². The summed E-state index contributed by atoms with van der Waals surface area (Å²) in [6.45, 7) is 0. The van der Waals surface area contributed by atoms with Crippen molar-refractivity contribution < 1.29 is 9.62 Å². The second kappa shape index (κ2) is 3.98. The van der Waals surface area contributed by atoms with Gasteiger partial charge in [-0.05, 0) is 36.4 Å². The van der Waals surface area contributed by atoms with E-state index in [4.69, 9.17) is 21.1 Å². The molecule has 1 aromatic carbocycles. The molecular formula is C11H11N3O2. The van der Waals surface area contributed by atoms with E-state index in [9.17, 15) is 0 Å². The van der Waals surface area contributed by atoms with Crippen LogP contribution >= 0.6 is 0 Å².